The smallest absolute Gasteiger partial charge is 0.329 e. The second-order valence-electron chi connectivity index (χ2n) is 4.76. The van der Waals surface area contributed by atoms with Gasteiger partial charge in [-0.15, -0.1) is 0 Å². The van der Waals surface area contributed by atoms with Crippen LogP contribution in [-0.4, -0.2) is 16.6 Å². The first-order chi connectivity index (χ1) is 7.90. The van der Waals surface area contributed by atoms with E-state index in [-0.39, 0.29) is 0 Å². The number of hydrogen-bond donors (Lipinski definition) is 2. The quantitative estimate of drug-likeness (QED) is 0.822. The molecular weight excluding hydrogens is 214 g/mol. The van der Waals surface area contributed by atoms with Crippen molar-refractivity contribution in [1.82, 2.24) is 0 Å². The summed E-state index contributed by atoms with van der Waals surface area (Å²) in [6.07, 6.45) is 1.44. The van der Waals surface area contributed by atoms with E-state index in [4.69, 9.17) is 0 Å². The maximum Gasteiger partial charge on any atom is 0.329 e. The van der Waals surface area contributed by atoms with Gasteiger partial charge in [-0.3, -0.25) is 0 Å². The molecule has 0 aromatic heterocycles. The van der Waals surface area contributed by atoms with E-state index in [9.17, 15) is 9.90 Å². The van der Waals surface area contributed by atoms with E-state index in [1.54, 1.807) is 6.92 Å². The summed E-state index contributed by atoms with van der Waals surface area (Å²) < 4.78 is 0. The van der Waals surface area contributed by atoms with Gasteiger partial charge in [-0.1, -0.05) is 25.5 Å². The molecule has 1 unspecified atom stereocenters. The highest BCUT2D eigenvalue weighted by Crippen LogP contribution is 2.25. The maximum absolute atomic E-state index is 11.3. The Morgan fingerprint density at radius 1 is 1.41 bits per heavy atom. The number of carboxylic acid groups (broad SMARTS) is 1. The van der Waals surface area contributed by atoms with Gasteiger partial charge in [0.15, 0.2) is 0 Å². The zero-order chi connectivity index (χ0) is 13.1. The molecule has 0 saturated carbocycles. The summed E-state index contributed by atoms with van der Waals surface area (Å²) >= 11 is 0. The monoisotopic (exact) mass is 235 g/mol. The molecule has 0 spiro atoms. The largest absolute Gasteiger partial charge is 0.480 e. The number of anilines is 1. The van der Waals surface area contributed by atoms with Gasteiger partial charge >= 0.3 is 5.97 Å². The molecule has 0 aliphatic carbocycles. The number of benzene rings is 1. The molecule has 94 valence electrons. The van der Waals surface area contributed by atoms with Crippen molar-refractivity contribution in [2.75, 3.05) is 5.32 Å². The normalized spacial score (nSPS) is 14.1. The molecular formula is C14H21NO2. The van der Waals surface area contributed by atoms with Crippen LogP contribution in [0.5, 0.6) is 0 Å². The zero-order valence-electron chi connectivity index (χ0n) is 11.0. The van der Waals surface area contributed by atoms with E-state index >= 15 is 0 Å². The molecule has 1 atom stereocenters. The van der Waals surface area contributed by atoms with Crippen molar-refractivity contribution in [3.8, 4) is 0 Å². The van der Waals surface area contributed by atoms with Crippen LogP contribution < -0.4 is 5.32 Å². The lowest BCUT2D eigenvalue weighted by molar-refractivity contribution is -0.141. The fourth-order valence-corrected chi connectivity index (χ4v) is 1.91. The number of nitrogens with one attached hydrogen (secondary N) is 1. The first kappa shape index (κ1) is 13.6. The number of carbonyl (C=O) groups is 1. The second kappa shape index (κ2) is 5.21. The van der Waals surface area contributed by atoms with Gasteiger partial charge in [0, 0.05) is 5.69 Å². The van der Waals surface area contributed by atoms with Crippen molar-refractivity contribution in [2.45, 2.75) is 46.1 Å². The van der Waals surface area contributed by atoms with Crippen molar-refractivity contribution in [3.05, 3.63) is 29.3 Å². The Labute approximate surface area is 103 Å². The van der Waals surface area contributed by atoms with E-state index in [0.29, 0.717) is 6.42 Å². The van der Waals surface area contributed by atoms with Gasteiger partial charge < -0.3 is 10.4 Å². The molecule has 0 aliphatic heterocycles. The Hall–Kier alpha value is -1.51. The summed E-state index contributed by atoms with van der Waals surface area (Å²) in [6, 6.07) is 5.90. The van der Waals surface area contributed by atoms with Crippen LogP contribution >= 0.6 is 0 Å². The van der Waals surface area contributed by atoms with Gasteiger partial charge in [0.05, 0.1) is 0 Å². The lowest BCUT2D eigenvalue weighted by Crippen LogP contribution is -2.43. The lowest BCUT2D eigenvalue weighted by Gasteiger charge is -2.28. The minimum atomic E-state index is -0.896. The van der Waals surface area contributed by atoms with Gasteiger partial charge in [-0.05, 0) is 44.4 Å². The molecule has 0 fully saturated rings. The maximum atomic E-state index is 11.3. The first-order valence-electron chi connectivity index (χ1n) is 5.98. The van der Waals surface area contributed by atoms with Gasteiger partial charge in [-0.25, -0.2) is 4.79 Å². The first-order valence-corrected chi connectivity index (χ1v) is 5.98. The Bertz CT molecular complexity index is 415. The SMILES string of the molecule is CCCC(C)(Nc1cccc(C)c1C)C(=O)O. The van der Waals surface area contributed by atoms with Crippen molar-refractivity contribution >= 4 is 11.7 Å². The topological polar surface area (TPSA) is 49.3 Å². The third kappa shape index (κ3) is 2.99. The summed E-state index contributed by atoms with van der Waals surface area (Å²) in [5, 5.41) is 12.5. The number of rotatable bonds is 5. The highest BCUT2D eigenvalue weighted by atomic mass is 16.4. The molecule has 1 rings (SSSR count). The minimum absolute atomic E-state index is 0.607. The highest BCUT2D eigenvalue weighted by Gasteiger charge is 2.32. The molecule has 1 aromatic rings. The Morgan fingerprint density at radius 3 is 2.59 bits per heavy atom. The molecule has 0 saturated heterocycles. The van der Waals surface area contributed by atoms with Crippen LogP contribution in [0.25, 0.3) is 0 Å². The summed E-state index contributed by atoms with van der Waals surface area (Å²) in [7, 11) is 0. The Kier molecular flexibility index (Phi) is 4.16. The van der Waals surface area contributed by atoms with Crippen LogP contribution in [0.15, 0.2) is 18.2 Å². The summed E-state index contributed by atoms with van der Waals surface area (Å²) in [4.78, 5) is 11.3. The Balaban J connectivity index is 3.02. The average Bonchev–Trinajstić information content (AvgIpc) is 2.25. The molecule has 17 heavy (non-hydrogen) atoms. The van der Waals surface area contributed by atoms with Crippen molar-refractivity contribution in [2.24, 2.45) is 0 Å². The highest BCUT2D eigenvalue weighted by molar-refractivity contribution is 5.82. The van der Waals surface area contributed by atoms with Crippen LogP contribution in [0, 0.1) is 13.8 Å². The van der Waals surface area contributed by atoms with Crippen LogP contribution in [0.1, 0.15) is 37.8 Å². The van der Waals surface area contributed by atoms with E-state index in [1.165, 1.54) is 5.56 Å². The number of carboxylic acids is 1. The van der Waals surface area contributed by atoms with E-state index < -0.39 is 11.5 Å². The Morgan fingerprint density at radius 2 is 2.06 bits per heavy atom. The molecule has 3 heteroatoms. The third-order valence-corrected chi connectivity index (χ3v) is 3.24. The number of aliphatic carboxylic acids is 1. The number of hydrogen-bond acceptors (Lipinski definition) is 2. The van der Waals surface area contributed by atoms with Crippen LogP contribution in [0.4, 0.5) is 5.69 Å². The minimum Gasteiger partial charge on any atom is -0.480 e. The lowest BCUT2D eigenvalue weighted by atomic mass is 9.95. The van der Waals surface area contributed by atoms with E-state index in [2.05, 4.69) is 5.32 Å². The fourth-order valence-electron chi connectivity index (χ4n) is 1.91. The van der Waals surface area contributed by atoms with Crippen molar-refractivity contribution in [3.63, 3.8) is 0 Å². The van der Waals surface area contributed by atoms with Crippen molar-refractivity contribution in [1.29, 1.82) is 0 Å². The van der Waals surface area contributed by atoms with Gasteiger partial charge in [-0.2, -0.15) is 0 Å². The third-order valence-electron chi connectivity index (χ3n) is 3.24. The molecule has 1 aromatic carbocycles. The molecule has 3 nitrogen and oxygen atoms in total. The van der Waals surface area contributed by atoms with Gasteiger partial charge in [0.1, 0.15) is 5.54 Å². The second-order valence-corrected chi connectivity index (χ2v) is 4.76. The van der Waals surface area contributed by atoms with Crippen LogP contribution in [0.3, 0.4) is 0 Å². The molecule has 0 radical (unpaired) electrons. The molecule has 0 aliphatic rings. The average molecular weight is 235 g/mol. The molecule has 2 N–H and O–H groups in total. The van der Waals surface area contributed by atoms with Gasteiger partial charge in [0.2, 0.25) is 0 Å². The molecule has 0 amide bonds. The summed E-state index contributed by atoms with van der Waals surface area (Å²) in [5.41, 5.74) is 2.28. The predicted molar refractivity (Wildman–Crippen MR) is 70.5 cm³/mol. The summed E-state index contributed by atoms with van der Waals surface area (Å²) in [5.74, 6) is -0.805. The number of aryl methyl sites for hydroxylation is 1. The zero-order valence-corrected chi connectivity index (χ0v) is 11.0. The summed E-state index contributed by atoms with van der Waals surface area (Å²) in [6.45, 7) is 7.76. The van der Waals surface area contributed by atoms with Crippen LogP contribution in [-0.2, 0) is 4.79 Å². The van der Waals surface area contributed by atoms with Gasteiger partial charge in [0.25, 0.3) is 0 Å². The van der Waals surface area contributed by atoms with Crippen molar-refractivity contribution < 1.29 is 9.90 Å². The van der Waals surface area contributed by atoms with Crippen LogP contribution in [0.2, 0.25) is 0 Å². The van der Waals surface area contributed by atoms with E-state index in [0.717, 1.165) is 17.7 Å². The fraction of sp³-hybridized carbons (Fsp3) is 0.500. The molecule has 0 heterocycles. The molecule has 0 bridgehead atoms. The standard InChI is InChI=1S/C14H21NO2/c1-5-9-14(4,13(16)17)15-12-8-6-7-10(2)11(12)3/h6-8,15H,5,9H2,1-4H3,(H,16,17). The van der Waals surface area contributed by atoms with E-state index in [1.807, 2.05) is 39.0 Å². The predicted octanol–water partition coefficient (Wildman–Crippen LogP) is 3.36.